The van der Waals surface area contributed by atoms with Gasteiger partial charge in [-0.1, -0.05) is 5.16 Å². The minimum Gasteiger partial charge on any atom is -0.480 e. The summed E-state index contributed by atoms with van der Waals surface area (Å²) in [4.78, 5) is 23.7. The molecule has 1 aromatic heterocycles. The number of amides is 1. The quantitative estimate of drug-likeness (QED) is 0.793. The van der Waals surface area contributed by atoms with Crippen LogP contribution >= 0.6 is 0 Å². The van der Waals surface area contributed by atoms with Crippen LogP contribution in [0.1, 0.15) is 24.4 Å². The Labute approximate surface area is 86.5 Å². The van der Waals surface area contributed by atoms with Gasteiger partial charge in [-0.25, -0.2) is 4.79 Å². The van der Waals surface area contributed by atoms with Crippen molar-refractivity contribution in [3.8, 4) is 0 Å². The van der Waals surface area contributed by atoms with Gasteiger partial charge >= 0.3 is 5.97 Å². The van der Waals surface area contributed by atoms with Crippen LogP contribution in [0, 0.1) is 0 Å². The third-order valence-electron chi connectivity index (χ3n) is 2.32. The van der Waals surface area contributed by atoms with Crippen molar-refractivity contribution >= 4 is 11.9 Å². The van der Waals surface area contributed by atoms with Gasteiger partial charge in [-0.15, -0.1) is 0 Å². The maximum atomic E-state index is 11.7. The van der Waals surface area contributed by atoms with E-state index in [-0.39, 0.29) is 5.76 Å². The maximum absolute atomic E-state index is 11.7. The lowest BCUT2D eigenvalue weighted by Crippen LogP contribution is -2.50. The molecule has 1 N–H and O–H groups in total. The van der Waals surface area contributed by atoms with Crippen molar-refractivity contribution in [2.75, 3.05) is 7.05 Å². The van der Waals surface area contributed by atoms with E-state index in [1.807, 2.05) is 0 Å². The predicted octanol–water partition coefficient (Wildman–Crippen LogP) is 0.610. The molecule has 1 heterocycles. The molecule has 15 heavy (non-hydrogen) atoms. The second-order valence-corrected chi connectivity index (χ2v) is 3.61. The molecule has 1 amide bonds. The van der Waals surface area contributed by atoms with Crippen LogP contribution in [-0.2, 0) is 4.79 Å². The summed E-state index contributed by atoms with van der Waals surface area (Å²) >= 11 is 0. The first-order valence-electron chi connectivity index (χ1n) is 4.29. The smallest absolute Gasteiger partial charge is 0.329 e. The summed E-state index contributed by atoms with van der Waals surface area (Å²) in [6.07, 6.45) is 1.33. The van der Waals surface area contributed by atoms with E-state index >= 15 is 0 Å². The first-order chi connectivity index (χ1) is 6.87. The van der Waals surface area contributed by atoms with E-state index in [1.54, 1.807) is 0 Å². The van der Waals surface area contributed by atoms with Crippen LogP contribution in [0.15, 0.2) is 16.8 Å². The lowest BCUT2D eigenvalue weighted by atomic mass is 10.0. The number of likely N-dealkylation sites (N-methyl/N-ethyl adjacent to an activating group) is 1. The lowest BCUT2D eigenvalue weighted by Gasteiger charge is -2.30. The van der Waals surface area contributed by atoms with E-state index in [4.69, 9.17) is 5.11 Å². The number of carboxylic acid groups (broad SMARTS) is 1. The topological polar surface area (TPSA) is 83.6 Å². The van der Waals surface area contributed by atoms with Gasteiger partial charge in [0, 0.05) is 13.1 Å². The Hall–Kier alpha value is -1.85. The second-order valence-electron chi connectivity index (χ2n) is 3.61. The van der Waals surface area contributed by atoms with Gasteiger partial charge in [0.05, 0.1) is 6.20 Å². The Morgan fingerprint density at radius 2 is 2.13 bits per heavy atom. The Morgan fingerprint density at radius 1 is 1.53 bits per heavy atom. The van der Waals surface area contributed by atoms with Crippen LogP contribution in [0.2, 0.25) is 0 Å². The van der Waals surface area contributed by atoms with Crippen LogP contribution in [0.25, 0.3) is 0 Å². The first-order valence-corrected chi connectivity index (χ1v) is 4.29. The summed E-state index contributed by atoms with van der Waals surface area (Å²) in [7, 11) is 1.40. The van der Waals surface area contributed by atoms with Gasteiger partial charge in [0.15, 0.2) is 0 Å². The summed E-state index contributed by atoms with van der Waals surface area (Å²) in [6.45, 7) is 2.87. The number of aromatic nitrogens is 1. The molecule has 0 radical (unpaired) electrons. The molecule has 0 bridgehead atoms. The van der Waals surface area contributed by atoms with Gasteiger partial charge < -0.3 is 14.5 Å². The number of hydrogen-bond donors (Lipinski definition) is 1. The molecule has 0 saturated heterocycles. The molecule has 0 aromatic carbocycles. The highest BCUT2D eigenvalue weighted by molar-refractivity contribution is 5.95. The molecule has 1 rings (SSSR count). The van der Waals surface area contributed by atoms with Crippen molar-refractivity contribution in [1.29, 1.82) is 0 Å². The number of aliphatic carboxylic acids is 1. The van der Waals surface area contributed by atoms with E-state index in [0.717, 1.165) is 4.90 Å². The molecule has 1 aromatic rings. The molecule has 82 valence electrons. The summed E-state index contributed by atoms with van der Waals surface area (Å²) < 4.78 is 4.66. The van der Waals surface area contributed by atoms with E-state index < -0.39 is 17.4 Å². The van der Waals surface area contributed by atoms with Gasteiger partial charge in [0.25, 0.3) is 5.91 Å². The number of rotatable bonds is 3. The summed E-state index contributed by atoms with van der Waals surface area (Å²) in [6, 6.07) is 1.39. The van der Waals surface area contributed by atoms with Crippen molar-refractivity contribution in [3.05, 3.63) is 18.0 Å². The average Bonchev–Trinajstić information content (AvgIpc) is 2.67. The Balaban J connectivity index is 2.91. The number of nitrogens with zero attached hydrogens (tertiary/aromatic N) is 2. The van der Waals surface area contributed by atoms with Crippen LogP contribution < -0.4 is 0 Å². The number of carbonyl (C=O) groups is 2. The first kappa shape index (κ1) is 11.2. The molecule has 0 aliphatic rings. The second kappa shape index (κ2) is 3.72. The summed E-state index contributed by atoms with van der Waals surface area (Å²) in [5.74, 6) is -1.58. The van der Waals surface area contributed by atoms with Crippen molar-refractivity contribution in [3.63, 3.8) is 0 Å². The third kappa shape index (κ3) is 1.98. The molecule has 0 atom stereocenters. The highest BCUT2D eigenvalue weighted by Crippen LogP contribution is 2.15. The van der Waals surface area contributed by atoms with Gasteiger partial charge in [-0.05, 0) is 13.8 Å². The van der Waals surface area contributed by atoms with Gasteiger partial charge in [-0.3, -0.25) is 4.79 Å². The fraction of sp³-hybridized carbons (Fsp3) is 0.444. The van der Waals surface area contributed by atoms with Gasteiger partial charge in [0.2, 0.25) is 5.76 Å². The average molecular weight is 212 g/mol. The maximum Gasteiger partial charge on any atom is 0.329 e. The van der Waals surface area contributed by atoms with E-state index in [0.29, 0.717) is 0 Å². The van der Waals surface area contributed by atoms with Crippen molar-refractivity contribution in [1.82, 2.24) is 10.1 Å². The minimum absolute atomic E-state index is 0.0202. The molecule has 0 spiro atoms. The van der Waals surface area contributed by atoms with Crippen molar-refractivity contribution < 1.29 is 19.2 Å². The van der Waals surface area contributed by atoms with Gasteiger partial charge in [-0.2, -0.15) is 0 Å². The molecule has 6 nitrogen and oxygen atoms in total. The van der Waals surface area contributed by atoms with Crippen LogP contribution in [0.4, 0.5) is 0 Å². The molecule has 0 saturated carbocycles. The molecule has 0 aliphatic heterocycles. The monoisotopic (exact) mass is 212 g/mol. The van der Waals surface area contributed by atoms with Crippen LogP contribution in [0.5, 0.6) is 0 Å². The zero-order valence-electron chi connectivity index (χ0n) is 8.72. The Kier molecular flexibility index (Phi) is 2.78. The van der Waals surface area contributed by atoms with E-state index in [1.165, 1.54) is 33.2 Å². The number of carbonyl (C=O) groups excluding carboxylic acids is 1. The molecule has 0 unspecified atom stereocenters. The zero-order valence-corrected chi connectivity index (χ0v) is 8.72. The zero-order chi connectivity index (χ0) is 11.6. The summed E-state index contributed by atoms with van der Waals surface area (Å²) in [5, 5.41) is 12.3. The SMILES string of the molecule is CN(C(=O)c1ccno1)C(C)(C)C(=O)O. The predicted molar refractivity (Wildman–Crippen MR) is 50.3 cm³/mol. The van der Waals surface area contributed by atoms with Crippen LogP contribution in [-0.4, -0.2) is 39.6 Å². The fourth-order valence-corrected chi connectivity index (χ4v) is 0.889. The van der Waals surface area contributed by atoms with Crippen molar-refractivity contribution in [2.45, 2.75) is 19.4 Å². The molecular formula is C9H12N2O4. The Morgan fingerprint density at radius 3 is 2.53 bits per heavy atom. The summed E-state index contributed by atoms with van der Waals surface area (Å²) in [5.41, 5.74) is -1.29. The van der Waals surface area contributed by atoms with Gasteiger partial charge in [0.1, 0.15) is 5.54 Å². The lowest BCUT2D eigenvalue weighted by molar-refractivity contribution is -0.147. The van der Waals surface area contributed by atoms with E-state index in [9.17, 15) is 9.59 Å². The normalized spacial score (nSPS) is 11.1. The van der Waals surface area contributed by atoms with Crippen LogP contribution in [0.3, 0.4) is 0 Å². The highest BCUT2D eigenvalue weighted by Gasteiger charge is 2.36. The fourth-order valence-electron chi connectivity index (χ4n) is 0.889. The molecule has 6 heteroatoms. The third-order valence-corrected chi connectivity index (χ3v) is 2.32. The standard InChI is InChI=1S/C9H12N2O4/c1-9(2,8(13)14)11(3)7(12)6-4-5-10-15-6/h4-5H,1-3H3,(H,13,14). The minimum atomic E-state index is -1.29. The number of carboxylic acids is 1. The molecule has 0 aliphatic carbocycles. The number of hydrogen-bond acceptors (Lipinski definition) is 4. The van der Waals surface area contributed by atoms with Crippen molar-refractivity contribution in [2.24, 2.45) is 0 Å². The molecule has 0 fully saturated rings. The van der Waals surface area contributed by atoms with E-state index in [2.05, 4.69) is 9.68 Å². The highest BCUT2D eigenvalue weighted by atomic mass is 16.5. The largest absolute Gasteiger partial charge is 0.480 e. The Bertz CT molecular complexity index is 369. The molecular weight excluding hydrogens is 200 g/mol.